The normalized spacial score (nSPS) is 18.7. The summed E-state index contributed by atoms with van der Waals surface area (Å²) < 4.78 is 120. The fourth-order valence-electron chi connectivity index (χ4n) is 12.2. The van der Waals surface area contributed by atoms with Crippen LogP contribution in [0.3, 0.4) is 0 Å². The van der Waals surface area contributed by atoms with Gasteiger partial charge in [-0.05, 0) is 142 Å². The second-order valence-electron chi connectivity index (χ2n) is 23.0. The molecule has 92 heavy (non-hydrogen) atoms. The molecule has 11 nitrogen and oxygen atoms in total. The van der Waals surface area contributed by atoms with E-state index in [0.717, 1.165) is 193 Å². The largest absolute Gasteiger partial charge is 0.416 e. The Hall–Kier alpha value is -5.48. The van der Waals surface area contributed by atoms with E-state index in [0.29, 0.717) is 36.3 Å². The molecule has 0 atom stereocenters. The number of aliphatic hydroxyl groups is 1. The Bertz CT molecular complexity index is 3120. The number of nitrogens with two attached hydrogens (primary N) is 4. The van der Waals surface area contributed by atoms with Crippen molar-refractivity contribution < 1.29 is 44.6 Å². The third kappa shape index (κ3) is 18.7. The zero-order valence-corrected chi connectivity index (χ0v) is 53.8. The van der Waals surface area contributed by atoms with Gasteiger partial charge in [-0.3, -0.25) is 26.4 Å². The molecule has 0 saturated carbocycles. The van der Waals surface area contributed by atoms with Crippen LogP contribution in [-0.4, -0.2) is 172 Å². The molecule has 3 saturated heterocycles. The van der Waals surface area contributed by atoms with Gasteiger partial charge in [0, 0.05) is 160 Å². The minimum absolute atomic E-state index is 0.183. The van der Waals surface area contributed by atoms with E-state index in [4.69, 9.17) is 16.6 Å². The topological polar surface area (TPSA) is 144 Å². The van der Waals surface area contributed by atoms with Crippen LogP contribution < -0.4 is 23.2 Å². The molecule has 6 aromatic carbocycles. The molecule has 3 fully saturated rings. The lowest BCUT2D eigenvalue weighted by atomic mass is 9.94. The predicted octanol–water partition coefficient (Wildman–Crippen LogP) is 12.6. The van der Waals surface area contributed by atoms with Gasteiger partial charge in [0.1, 0.15) is 0 Å². The van der Waals surface area contributed by atoms with Crippen molar-refractivity contribution in [1.29, 1.82) is 0 Å². The summed E-state index contributed by atoms with van der Waals surface area (Å²) in [5.41, 5.74) is 17.3. The molecule has 6 aliphatic heterocycles. The monoisotopic (exact) mass is 1330 g/mol. The van der Waals surface area contributed by atoms with Crippen LogP contribution in [0.1, 0.15) is 69.3 Å². The number of nitrogens with zero attached hydrogens (tertiary/aromatic N) is 6. The first-order valence-electron chi connectivity index (χ1n) is 31.1. The van der Waals surface area contributed by atoms with Crippen LogP contribution in [-0.2, 0) is 18.5 Å². The zero-order valence-electron chi connectivity index (χ0n) is 51.4. The molecule has 0 radical (unpaired) electrons. The molecule has 6 aliphatic rings. The quantitative estimate of drug-likeness (QED) is 0.0377. The zero-order chi connectivity index (χ0) is 65.4. The molecular formula is C69H81F9N10OS3. The van der Waals surface area contributed by atoms with E-state index in [1.807, 2.05) is 72.8 Å². The molecule has 0 unspecified atom stereocenters. The second-order valence-corrected chi connectivity index (χ2v) is 26.2. The standard InChI is InChI=1S/2C23H26F3N3S.C23H25F3N2OS.H4N2/c2*24-23(25,26)17-7-8-22-20(16-17)18(19-4-1-2-6-21(19)30-22)5-3-10-28-12-14-29(11-9-27)15-13-28;24-23(25,26)17-7-8-22-20(16-17)18(19-4-1-2-6-21(19)30-22)5-3-9-27-10-12-28(13-11-27)14-15-29;1-2/h2*1-2,4-8,16H,3,9-15,27H2;1-2,4-8,16,29H,3,9-15H2;1-2H2/b3*18-5-;. The SMILES string of the molecule is NCCN1CCN(CC/C=C2/c3ccccc3Sc3ccc(C(F)(F)F)cc32)CC1.NCCN1CCN(CC/C=C2/c3ccccc3Sc3ccc(C(F)(F)F)cc32)CC1.NN.OCCN1CCN(CC/C=C2/c3ccccc3Sc3ccc(C(F)(F)F)cc32)CC1. The Morgan fingerprint density at radius 1 is 0.337 bits per heavy atom. The van der Waals surface area contributed by atoms with Crippen molar-refractivity contribution in [3.8, 4) is 0 Å². The number of hydrogen-bond acceptors (Lipinski definition) is 14. The smallest absolute Gasteiger partial charge is 0.395 e. The minimum atomic E-state index is -4.35. The number of alkyl halides is 9. The van der Waals surface area contributed by atoms with Crippen LogP contribution in [0.15, 0.2) is 175 Å². The van der Waals surface area contributed by atoms with Crippen LogP contribution in [0.4, 0.5) is 39.5 Å². The first-order valence-corrected chi connectivity index (χ1v) is 33.6. The van der Waals surface area contributed by atoms with Crippen molar-refractivity contribution in [2.45, 2.75) is 67.2 Å². The van der Waals surface area contributed by atoms with E-state index in [2.05, 4.69) is 59.3 Å². The van der Waals surface area contributed by atoms with Gasteiger partial charge in [0.05, 0.1) is 23.3 Å². The summed E-state index contributed by atoms with van der Waals surface area (Å²) in [6, 6.07) is 36.0. The molecule has 23 heteroatoms. The van der Waals surface area contributed by atoms with Crippen molar-refractivity contribution in [2.75, 3.05) is 138 Å². The number of halogens is 9. The minimum Gasteiger partial charge on any atom is -0.395 e. The number of piperazine rings is 3. The maximum Gasteiger partial charge on any atom is 0.416 e. The number of rotatable bonds is 15. The Kier molecular flexibility index (Phi) is 25.6. The molecule has 9 N–H and O–H groups in total. The van der Waals surface area contributed by atoms with Crippen LogP contribution in [0.25, 0.3) is 16.7 Å². The third-order valence-corrected chi connectivity index (χ3v) is 20.5. The summed E-state index contributed by atoms with van der Waals surface area (Å²) in [6.45, 7) is 18.7. The van der Waals surface area contributed by atoms with Gasteiger partial charge in [0.2, 0.25) is 0 Å². The van der Waals surface area contributed by atoms with E-state index in [1.54, 1.807) is 18.2 Å². The molecule has 0 spiro atoms. The predicted molar refractivity (Wildman–Crippen MR) is 353 cm³/mol. The maximum absolute atomic E-state index is 13.3. The van der Waals surface area contributed by atoms with Crippen LogP contribution >= 0.6 is 35.3 Å². The molecule has 494 valence electrons. The number of fused-ring (bicyclic) bond motifs is 6. The number of aliphatic hydroxyl groups excluding tert-OH is 1. The average Bonchev–Trinajstić information content (AvgIpc) is 0.793. The molecule has 12 rings (SSSR count). The van der Waals surface area contributed by atoms with Crippen LogP contribution in [0, 0.1) is 0 Å². The summed E-state index contributed by atoms with van der Waals surface area (Å²) >= 11 is 4.60. The number of hydrazine groups is 1. The van der Waals surface area contributed by atoms with Crippen molar-refractivity contribution in [3.05, 3.63) is 196 Å². The van der Waals surface area contributed by atoms with Gasteiger partial charge in [0.25, 0.3) is 0 Å². The van der Waals surface area contributed by atoms with Gasteiger partial charge in [-0.25, -0.2) is 0 Å². The lowest BCUT2D eigenvalue weighted by Gasteiger charge is -2.34. The molecule has 6 aromatic rings. The van der Waals surface area contributed by atoms with E-state index >= 15 is 0 Å². The lowest BCUT2D eigenvalue weighted by Crippen LogP contribution is -2.47. The van der Waals surface area contributed by atoms with Gasteiger partial charge in [-0.1, -0.05) is 108 Å². The van der Waals surface area contributed by atoms with E-state index in [1.165, 1.54) is 71.7 Å². The van der Waals surface area contributed by atoms with Gasteiger partial charge in [-0.2, -0.15) is 39.5 Å². The molecule has 0 amide bonds. The fourth-order valence-corrected chi connectivity index (χ4v) is 15.5. The first-order chi connectivity index (χ1) is 44.4. The summed E-state index contributed by atoms with van der Waals surface area (Å²) in [4.78, 5) is 20.1. The summed E-state index contributed by atoms with van der Waals surface area (Å²) in [7, 11) is 0. The Morgan fingerprint density at radius 2 is 0.576 bits per heavy atom. The first kappa shape index (κ1) is 70.8. The summed E-state index contributed by atoms with van der Waals surface area (Å²) in [5, 5.41) is 9.06. The highest BCUT2D eigenvalue weighted by Gasteiger charge is 2.36. The Labute approximate surface area is 546 Å². The molecule has 0 aromatic heterocycles. The highest BCUT2D eigenvalue weighted by Crippen LogP contribution is 2.50. The summed E-state index contributed by atoms with van der Waals surface area (Å²) in [5.74, 6) is 8.00. The second kappa shape index (κ2) is 33.3. The van der Waals surface area contributed by atoms with Gasteiger partial charge in [-0.15, -0.1) is 0 Å². The molecule has 0 aliphatic carbocycles. The van der Waals surface area contributed by atoms with Crippen molar-refractivity contribution in [2.24, 2.45) is 23.2 Å². The van der Waals surface area contributed by atoms with E-state index in [-0.39, 0.29) is 6.61 Å². The number of β-amino-alcohol motifs (C(OH)–C–C–N with tert-alkyl or cyclic N) is 1. The maximum atomic E-state index is 13.3. The fraction of sp³-hybridized carbons (Fsp3) is 0.391. The Balaban J connectivity index is 0.000000161. The highest BCUT2D eigenvalue weighted by atomic mass is 32.2. The van der Waals surface area contributed by atoms with Gasteiger partial charge >= 0.3 is 18.5 Å². The number of benzene rings is 6. The number of hydrogen-bond donors (Lipinski definition) is 5. The molecular weight excluding hydrogens is 1250 g/mol. The van der Waals surface area contributed by atoms with E-state index in [9.17, 15) is 39.5 Å². The highest BCUT2D eigenvalue weighted by molar-refractivity contribution is 8.00. The molecule has 0 bridgehead atoms. The van der Waals surface area contributed by atoms with Crippen molar-refractivity contribution in [3.63, 3.8) is 0 Å². The van der Waals surface area contributed by atoms with E-state index < -0.39 is 35.2 Å². The van der Waals surface area contributed by atoms with Crippen LogP contribution in [0.5, 0.6) is 0 Å². The summed E-state index contributed by atoms with van der Waals surface area (Å²) in [6.07, 6.45) is -4.32. The van der Waals surface area contributed by atoms with Crippen LogP contribution in [0.2, 0.25) is 0 Å². The lowest BCUT2D eigenvalue weighted by molar-refractivity contribution is -0.138. The average molecular weight is 1330 g/mol. The third-order valence-electron chi connectivity index (χ3n) is 17.1. The van der Waals surface area contributed by atoms with Crippen molar-refractivity contribution in [1.82, 2.24) is 29.4 Å². The van der Waals surface area contributed by atoms with Crippen molar-refractivity contribution >= 4 is 52.0 Å². The van der Waals surface area contributed by atoms with Gasteiger partial charge in [0.15, 0.2) is 0 Å². The molecule has 6 heterocycles. The Morgan fingerprint density at radius 3 is 0.826 bits per heavy atom. The van der Waals surface area contributed by atoms with Gasteiger partial charge < -0.3 is 31.3 Å².